The molecule has 0 N–H and O–H groups in total. The first-order chi connectivity index (χ1) is 11.2. The molecule has 0 aliphatic carbocycles. The predicted molar refractivity (Wildman–Crippen MR) is 90.6 cm³/mol. The molecular formula is C18H32O6. The van der Waals surface area contributed by atoms with Crippen molar-refractivity contribution >= 4 is 11.9 Å². The molecular weight excluding hydrogens is 312 g/mol. The van der Waals surface area contributed by atoms with Crippen molar-refractivity contribution in [1.29, 1.82) is 0 Å². The first-order valence-corrected chi connectivity index (χ1v) is 8.64. The van der Waals surface area contributed by atoms with Gasteiger partial charge in [-0.05, 0) is 37.1 Å². The fourth-order valence-corrected chi connectivity index (χ4v) is 1.54. The minimum absolute atomic E-state index is 0.168. The van der Waals surface area contributed by atoms with E-state index >= 15 is 0 Å². The van der Waals surface area contributed by atoms with Gasteiger partial charge in [-0.2, -0.15) is 4.89 Å². The Kier molecular flexibility index (Phi) is 11.3. The van der Waals surface area contributed by atoms with Gasteiger partial charge in [0.2, 0.25) is 0 Å². The van der Waals surface area contributed by atoms with Crippen LogP contribution in [0.5, 0.6) is 0 Å². The van der Waals surface area contributed by atoms with Gasteiger partial charge in [-0.15, -0.1) is 0 Å². The van der Waals surface area contributed by atoms with Crippen molar-refractivity contribution in [2.75, 3.05) is 6.61 Å². The third kappa shape index (κ3) is 10.4. The number of unbranched alkanes of at least 4 members (excludes halogenated alkanes) is 1. The Morgan fingerprint density at radius 3 is 2.25 bits per heavy atom. The van der Waals surface area contributed by atoms with Gasteiger partial charge in [0.1, 0.15) is 5.60 Å². The van der Waals surface area contributed by atoms with Gasteiger partial charge < -0.3 is 4.74 Å². The van der Waals surface area contributed by atoms with E-state index < -0.39 is 17.5 Å². The van der Waals surface area contributed by atoms with Crippen LogP contribution in [0.15, 0.2) is 12.2 Å². The van der Waals surface area contributed by atoms with E-state index in [9.17, 15) is 9.59 Å². The zero-order valence-corrected chi connectivity index (χ0v) is 15.8. The SMILES string of the molecule is CCCCC(CC)COC(=O)C=CC(=O)OOOC(C)(C)C(C)C. The van der Waals surface area contributed by atoms with Crippen LogP contribution in [0.25, 0.3) is 0 Å². The van der Waals surface area contributed by atoms with E-state index in [1.807, 2.05) is 13.8 Å². The smallest absolute Gasteiger partial charge is 0.369 e. The molecule has 1 unspecified atom stereocenters. The third-order valence-electron chi connectivity index (χ3n) is 4.12. The monoisotopic (exact) mass is 344 g/mol. The molecule has 0 fully saturated rings. The van der Waals surface area contributed by atoms with Crippen LogP contribution in [0.4, 0.5) is 0 Å². The summed E-state index contributed by atoms with van der Waals surface area (Å²) in [5.74, 6) is -0.903. The molecule has 0 aliphatic rings. The topological polar surface area (TPSA) is 71.1 Å². The number of ether oxygens (including phenoxy) is 1. The van der Waals surface area contributed by atoms with Crippen LogP contribution < -0.4 is 0 Å². The largest absolute Gasteiger partial charge is 0.462 e. The van der Waals surface area contributed by atoms with E-state index in [4.69, 9.17) is 9.62 Å². The molecule has 0 aromatic carbocycles. The average Bonchev–Trinajstić information content (AvgIpc) is 2.52. The zero-order valence-electron chi connectivity index (χ0n) is 15.8. The fraction of sp³-hybridized carbons (Fsp3) is 0.778. The molecule has 0 radical (unpaired) electrons. The van der Waals surface area contributed by atoms with Gasteiger partial charge in [-0.3, -0.25) is 4.89 Å². The lowest BCUT2D eigenvalue weighted by Crippen LogP contribution is -2.31. The van der Waals surface area contributed by atoms with Crippen LogP contribution in [-0.2, 0) is 29.1 Å². The highest BCUT2D eigenvalue weighted by Gasteiger charge is 2.25. The number of carbonyl (C=O) groups excluding carboxylic acids is 2. The van der Waals surface area contributed by atoms with E-state index in [0.29, 0.717) is 12.5 Å². The van der Waals surface area contributed by atoms with E-state index in [2.05, 4.69) is 23.8 Å². The Morgan fingerprint density at radius 2 is 1.71 bits per heavy atom. The molecule has 24 heavy (non-hydrogen) atoms. The Labute approximate surface area is 145 Å². The summed E-state index contributed by atoms with van der Waals surface area (Å²) in [5.41, 5.74) is -0.601. The van der Waals surface area contributed by atoms with Gasteiger partial charge in [0.05, 0.1) is 6.61 Å². The van der Waals surface area contributed by atoms with Crippen molar-refractivity contribution in [2.24, 2.45) is 11.8 Å². The van der Waals surface area contributed by atoms with E-state index in [-0.39, 0.29) is 5.92 Å². The van der Waals surface area contributed by atoms with Gasteiger partial charge >= 0.3 is 11.9 Å². The maximum atomic E-state index is 11.6. The van der Waals surface area contributed by atoms with Crippen molar-refractivity contribution in [1.82, 2.24) is 0 Å². The first kappa shape index (κ1) is 22.6. The van der Waals surface area contributed by atoms with Gasteiger partial charge in [-0.25, -0.2) is 9.59 Å². The molecule has 140 valence electrons. The summed E-state index contributed by atoms with van der Waals surface area (Å²) in [4.78, 5) is 32.4. The van der Waals surface area contributed by atoms with Gasteiger partial charge in [0.25, 0.3) is 0 Å². The molecule has 0 aliphatic heterocycles. The van der Waals surface area contributed by atoms with Crippen LogP contribution >= 0.6 is 0 Å². The van der Waals surface area contributed by atoms with Gasteiger partial charge in [0.15, 0.2) is 0 Å². The lowest BCUT2D eigenvalue weighted by Gasteiger charge is -2.25. The third-order valence-corrected chi connectivity index (χ3v) is 4.12. The van der Waals surface area contributed by atoms with Crippen LogP contribution in [0.2, 0.25) is 0 Å². The van der Waals surface area contributed by atoms with E-state index in [1.165, 1.54) is 0 Å². The molecule has 0 saturated carbocycles. The number of hydrogen-bond donors (Lipinski definition) is 0. The summed E-state index contributed by atoms with van der Waals surface area (Å²) in [6.07, 6.45) is 6.18. The highest BCUT2D eigenvalue weighted by Crippen LogP contribution is 2.20. The second-order valence-electron chi connectivity index (χ2n) is 6.69. The highest BCUT2D eigenvalue weighted by molar-refractivity contribution is 5.91. The minimum Gasteiger partial charge on any atom is -0.462 e. The van der Waals surface area contributed by atoms with Crippen molar-refractivity contribution in [3.63, 3.8) is 0 Å². The molecule has 0 bridgehead atoms. The summed E-state index contributed by atoms with van der Waals surface area (Å²) in [6, 6.07) is 0. The number of hydrogen-bond acceptors (Lipinski definition) is 6. The van der Waals surface area contributed by atoms with Crippen molar-refractivity contribution in [2.45, 2.75) is 72.8 Å². The van der Waals surface area contributed by atoms with Crippen LogP contribution in [0, 0.1) is 11.8 Å². The number of carbonyl (C=O) groups is 2. The molecule has 0 spiro atoms. The number of rotatable bonds is 12. The molecule has 0 amide bonds. The molecule has 0 rings (SSSR count). The van der Waals surface area contributed by atoms with Crippen LogP contribution in [0.1, 0.15) is 67.2 Å². The lowest BCUT2D eigenvalue weighted by molar-refractivity contribution is -0.519. The molecule has 0 saturated heterocycles. The van der Waals surface area contributed by atoms with Gasteiger partial charge in [-0.1, -0.05) is 47.0 Å². The molecule has 6 heteroatoms. The Bertz CT molecular complexity index is 400. The highest BCUT2D eigenvalue weighted by atomic mass is 17.5. The standard InChI is InChI=1S/C18H32O6/c1-7-9-10-15(8-2)13-21-16(19)11-12-17(20)22-24-23-18(5,6)14(3)4/h11-12,14-15H,7-10,13H2,1-6H3. The minimum atomic E-state index is -0.843. The molecule has 0 heterocycles. The fourth-order valence-electron chi connectivity index (χ4n) is 1.54. The van der Waals surface area contributed by atoms with Crippen molar-refractivity contribution < 1.29 is 29.1 Å². The second-order valence-corrected chi connectivity index (χ2v) is 6.69. The zero-order chi connectivity index (χ0) is 18.6. The Balaban J connectivity index is 4.06. The lowest BCUT2D eigenvalue weighted by atomic mass is 9.95. The summed E-state index contributed by atoms with van der Waals surface area (Å²) < 4.78 is 5.13. The first-order valence-electron chi connectivity index (χ1n) is 8.64. The molecule has 1 atom stereocenters. The van der Waals surface area contributed by atoms with Crippen LogP contribution in [-0.4, -0.2) is 24.1 Å². The Hall–Kier alpha value is -1.40. The number of esters is 1. The molecule has 0 aromatic rings. The normalized spacial score (nSPS) is 13.3. The summed E-state index contributed by atoms with van der Waals surface area (Å²) in [6.45, 7) is 12.1. The molecule has 6 nitrogen and oxygen atoms in total. The second kappa shape index (κ2) is 12.0. The summed E-state index contributed by atoms with van der Waals surface area (Å²) in [7, 11) is 0. The maximum Gasteiger partial charge on any atom is 0.369 e. The Morgan fingerprint density at radius 1 is 1.08 bits per heavy atom. The van der Waals surface area contributed by atoms with Crippen molar-refractivity contribution in [3.05, 3.63) is 12.2 Å². The van der Waals surface area contributed by atoms with E-state index in [0.717, 1.165) is 37.8 Å². The van der Waals surface area contributed by atoms with E-state index in [1.54, 1.807) is 13.8 Å². The van der Waals surface area contributed by atoms with Crippen LogP contribution in [0.3, 0.4) is 0 Å². The predicted octanol–water partition coefficient (Wildman–Crippen LogP) is 4.14. The van der Waals surface area contributed by atoms with Gasteiger partial charge in [0, 0.05) is 12.2 Å². The summed E-state index contributed by atoms with van der Waals surface area (Å²) >= 11 is 0. The average molecular weight is 344 g/mol. The summed E-state index contributed by atoms with van der Waals surface area (Å²) in [5, 5.41) is 4.46. The quantitative estimate of drug-likeness (QED) is 0.229. The molecule has 0 aromatic heterocycles. The van der Waals surface area contributed by atoms with Crippen molar-refractivity contribution in [3.8, 4) is 0 Å². The maximum absolute atomic E-state index is 11.6.